The fraction of sp³-hybridized carbons (Fsp3) is 0.286. The van der Waals surface area contributed by atoms with Crippen LogP contribution in [0.5, 0.6) is 0 Å². The van der Waals surface area contributed by atoms with Crippen molar-refractivity contribution in [2.24, 2.45) is 0 Å². The van der Waals surface area contributed by atoms with Crippen molar-refractivity contribution in [1.29, 1.82) is 0 Å². The summed E-state index contributed by atoms with van der Waals surface area (Å²) in [5.74, 6) is -0.269. The van der Waals surface area contributed by atoms with Crippen LogP contribution in [0.15, 0.2) is 47.4 Å². The quantitative estimate of drug-likeness (QED) is 0.728. The molecule has 0 atom stereocenters. The predicted molar refractivity (Wildman–Crippen MR) is 106 cm³/mol. The first-order valence-corrected chi connectivity index (χ1v) is 8.94. The van der Waals surface area contributed by atoms with Crippen molar-refractivity contribution >= 4 is 22.5 Å². The number of benzene rings is 1. The van der Waals surface area contributed by atoms with E-state index in [0.29, 0.717) is 35.3 Å². The van der Waals surface area contributed by atoms with Crippen molar-refractivity contribution in [2.75, 3.05) is 19.0 Å². The Morgan fingerprint density at radius 2 is 2.04 bits per heavy atom. The summed E-state index contributed by atoms with van der Waals surface area (Å²) in [5, 5.41) is 3.37. The summed E-state index contributed by atoms with van der Waals surface area (Å²) in [7, 11) is 1.59. The van der Waals surface area contributed by atoms with E-state index in [4.69, 9.17) is 4.74 Å². The minimum Gasteiger partial charge on any atom is -0.383 e. The van der Waals surface area contributed by atoms with Gasteiger partial charge in [-0.3, -0.25) is 14.6 Å². The van der Waals surface area contributed by atoms with Crippen molar-refractivity contribution in [3.05, 3.63) is 69.8 Å². The molecule has 0 radical (unpaired) electrons. The standard InChI is InChI=1S/C21H23N3O3/c1-4-15-7-5-6-8-18(15)23-20(25)16-13-17-19(22-14(16)2)9-10-24(21(17)26)11-12-27-3/h5-10,13H,4,11-12H2,1-3H3,(H,23,25). The number of pyridine rings is 2. The maximum Gasteiger partial charge on any atom is 0.260 e. The number of fused-ring (bicyclic) bond motifs is 1. The topological polar surface area (TPSA) is 73.2 Å². The van der Waals surface area contributed by atoms with Crippen molar-refractivity contribution in [3.63, 3.8) is 0 Å². The van der Waals surface area contributed by atoms with Gasteiger partial charge in [-0.25, -0.2) is 0 Å². The Morgan fingerprint density at radius 3 is 2.78 bits per heavy atom. The molecule has 27 heavy (non-hydrogen) atoms. The van der Waals surface area contributed by atoms with Gasteiger partial charge in [-0.15, -0.1) is 0 Å². The number of hydrogen-bond donors (Lipinski definition) is 1. The fourth-order valence-electron chi connectivity index (χ4n) is 3.04. The summed E-state index contributed by atoms with van der Waals surface area (Å²) in [6.07, 6.45) is 2.52. The first-order valence-electron chi connectivity index (χ1n) is 8.94. The van der Waals surface area contributed by atoms with E-state index in [1.165, 1.54) is 0 Å². The number of nitrogens with one attached hydrogen (secondary N) is 1. The predicted octanol–water partition coefficient (Wildman–Crippen LogP) is 3.17. The fourth-order valence-corrected chi connectivity index (χ4v) is 3.04. The molecule has 0 spiro atoms. The summed E-state index contributed by atoms with van der Waals surface area (Å²) >= 11 is 0. The number of para-hydroxylation sites is 1. The van der Waals surface area contributed by atoms with Crippen molar-refractivity contribution in [3.8, 4) is 0 Å². The summed E-state index contributed by atoms with van der Waals surface area (Å²) in [4.78, 5) is 30.0. The van der Waals surface area contributed by atoms with Gasteiger partial charge in [0.25, 0.3) is 11.5 Å². The lowest BCUT2D eigenvalue weighted by molar-refractivity contribution is 0.102. The van der Waals surface area contributed by atoms with Crippen LogP contribution in [0, 0.1) is 6.92 Å². The second-order valence-electron chi connectivity index (χ2n) is 6.33. The Hall–Kier alpha value is -2.99. The average Bonchev–Trinajstić information content (AvgIpc) is 2.67. The maximum absolute atomic E-state index is 12.8. The number of methoxy groups -OCH3 is 1. The monoisotopic (exact) mass is 365 g/mol. The molecule has 0 aliphatic carbocycles. The van der Waals surface area contributed by atoms with Gasteiger partial charge in [-0.05, 0) is 37.1 Å². The first kappa shape index (κ1) is 18.8. The second kappa shape index (κ2) is 8.14. The van der Waals surface area contributed by atoms with Gasteiger partial charge in [0.05, 0.1) is 28.8 Å². The molecule has 2 heterocycles. The van der Waals surface area contributed by atoms with Crippen LogP contribution in [0.25, 0.3) is 10.9 Å². The number of anilines is 1. The Bertz CT molecular complexity index is 1040. The Labute approximate surface area is 157 Å². The van der Waals surface area contributed by atoms with Gasteiger partial charge in [-0.2, -0.15) is 0 Å². The molecule has 0 fully saturated rings. The van der Waals surface area contributed by atoms with Crippen LogP contribution in [0.3, 0.4) is 0 Å². The van der Waals surface area contributed by atoms with Gasteiger partial charge < -0.3 is 14.6 Å². The normalized spacial score (nSPS) is 10.9. The maximum atomic E-state index is 12.8. The molecule has 140 valence electrons. The molecule has 0 unspecified atom stereocenters. The van der Waals surface area contributed by atoms with Gasteiger partial charge in [0.15, 0.2) is 0 Å². The molecule has 1 amide bonds. The minimum absolute atomic E-state index is 0.181. The van der Waals surface area contributed by atoms with E-state index in [0.717, 1.165) is 17.7 Å². The van der Waals surface area contributed by atoms with Crippen LogP contribution >= 0.6 is 0 Å². The number of rotatable bonds is 6. The smallest absolute Gasteiger partial charge is 0.260 e. The highest BCUT2D eigenvalue weighted by Crippen LogP contribution is 2.19. The van der Waals surface area contributed by atoms with Crippen LogP contribution in [-0.4, -0.2) is 29.2 Å². The van der Waals surface area contributed by atoms with E-state index in [1.54, 1.807) is 36.9 Å². The van der Waals surface area contributed by atoms with Gasteiger partial charge in [0, 0.05) is 25.5 Å². The number of carbonyl (C=O) groups excluding carboxylic acids is 1. The van der Waals surface area contributed by atoms with E-state index in [2.05, 4.69) is 10.3 Å². The molecule has 1 N–H and O–H groups in total. The molecule has 0 saturated carbocycles. The molecule has 0 aliphatic rings. The Balaban J connectivity index is 2.00. The number of aryl methyl sites for hydroxylation is 2. The SMILES string of the molecule is CCc1ccccc1NC(=O)c1cc2c(=O)n(CCOC)ccc2nc1C. The highest BCUT2D eigenvalue weighted by atomic mass is 16.5. The molecule has 6 heteroatoms. The van der Waals surface area contributed by atoms with Crippen LogP contribution in [0.2, 0.25) is 0 Å². The summed E-state index contributed by atoms with van der Waals surface area (Å²) in [6, 6.07) is 11.1. The van der Waals surface area contributed by atoms with E-state index in [1.807, 2.05) is 31.2 Å². The molecular formula is C21H23N3O3. The summed E-state index contributed by atoms with van der Waals surface area (Å²) in [5.41, 5.74) is 3.21. The van der Waals surface area contributed by atoms with Gasteiger partial charge in [-0.1, -0.05) is 25.1 Å². The molecule has 1 aromatic carbocycles. The number of ether oxygens (including phenoxy) is 1. The number of hydrogen-bond acceptors (Lipinski definition) is 4. The highest BCUT2D eigenvalue weighted by molar-refractivity contribution is 6.07. The van der Waals surface area contributed by atoms with E-state index in [-0.39, 0.29) is 11.5 Å². The zero-order valence-corrected chi connectivity index (χ0v) is 15.8. The Kier molecular flexibility index (Phi) is 5.66. The number of carbonyl (C=O) groups is 1. The van der Waals surface area contributed by atoms with E-state index < -0.39 is 0 Å². The molecular weight excluding hydrogens is 342 g/mol. The second-order valence-corrected chi connectivity index (χ2v) is 6.33. The molecule has 0 saturated heterocycles. The third-order valence-corrected chi connectivity index (χ3v) is 4.57. The van der Waals surface area contributed by atoms with E-state index >= 15 is 0 Å². The third-order valence-electron chi connectivity index (χ3n) is 4.57. The first-order chi connectivity index (χ1) is 13.0. The lowest BCUT2D eigenvalue weighted by Gasteiger charge is -2.12. The Morgan fingerprint density at radius 1 is 1.26 bits per heavy atom. The molecule has 2 aromatic heterocycles. The summed E-state index contributed by atoms with van der Waals surface area (Å²) in [6.45, 7) is 4.70. The van der Waals surface area contributed by atoms with Crippen LogP contribution in [-0.2, 0) is 17.7 Å². The van der Waals surface area contributed by atoms with Crippen LogP contribution < -0.4 is 10.9 Å². The molecule has 6 nitrogen and oxygen atoms in total. The van der Waals surface area contributed by atoms with Gasteiger partial charge >= 0.3 is 0 Å². The van der Waals surface area contributed by atoms with Gasteiger partial charge in [0.2, 0.25) is 0 Å². The molecule has 0 bridgehead atoms. The average molecular weight is 365 g/mol. The molecule has 0 aliphatic heterocycles. The zero-order chi connectivity index (χ0) is 19.4. The number of aromatic nitrogens is 2. The molecule has 3 aromatic rings. The minimum atomic E-state index is -0.269. The van der Waals surface area contributed by atoms with Crippen LogP contribution in [0.1, 0.15) is 28.5 Å². The van der Waals surface area contributed by atoms with Crippen molar-refractivity contribution in [2.45, 2.75) is 26.8 Å². The zero-order valence-electron chi connectivity index (χ0n) is 15.8. The van der Waals surface area contributed by atoms with Crippen LogP contribution in [0.4, 0.5) is 5.69 Å². The lowest BCUT2D eigenvalue weighted by atomic mass is 10.1. The number of nitrogens with zero attached hydrogens (tertiary/aromatic N) is 2. The molecule has 3 rings (SSSR count). The lowest BCUT2D eigenvalue weighted by Crippen LogP contribution is -2.23. The summed E-state index contributed by atoms with van der Waals surface area (Å²) < 4.78 is 6.61. The van der Waals surface area contributed by atoms with Crippen molar-refractivity contribution in [1.82, 2.24) is 9.55 Å². The van der Waals surface area contributed by atoms with Crippen molar-refractivity contribution < 1.29 is 9.53 Å². The van der Waals surface area contributed by atoms with E-state index in [9.17, 15) is 9.59 Å². The van der Waals surface area contributed by atoms with Gasteiger partial charge in [0.1, 0.15) is 0 Å². The highest BCUT2D eigenvalue weighted by Gasteiger charge is 2.15. The third kappa shape index (κ3) is 3.90. The largest absolute Gasteiger partial charge is 0.383 e. The number of amides is 1.